The molecule has 1 aliphatic rings. The van der Waals surface area contributed by atoms with Gasteiger partial charge in [-0.1, -0.05) is 12.1 Å². The molecule has 3 heteroatoms. The lowest BCUT2D eigenvalue weighted by Gasteiger charge is -2.15. The van der Waals surface area contributed by atoms with E-state index in [1.807, 2.05) is 17.0 Å². The van der Waals surface area contributed by atoms with Gasteiger partial charge in [0.25, 0.3) is 5.91 Å². The van der Waals surface area contributed by atoms with Crippen molar-refractivity contribution in [3.05, 3.63) is 30.3 Å². The van der Waals surface area contributed by atoms with Gasteiger partial charge in [-0.3, -0.25) is 4.79 Å². The predicted octanol–water partition coefficient (Wildman–Crippen LogP) is 1.49. The van der Waals surface area contributed by atoms with E-state index < -0.39 is 0 Å². The molecule has 1 radical (unpaired) electrons. The third-order valence-corrected chi connectivity index (χ3v) is 2.50. The van der Waals surface area contributed by atoms with Gasteiger partial charge in [0.2, 0.25) is 0 Å². The molecule has 0 atom stereocenters. The minimum atomic E-state index is 0.0800. The molecule has 0 N–H and O–H groups in total. The molecule has 15 heavy (non-hydrogen) atoms. The third-order valence-electron chi connectivity index (χ3n) is 2.50. The minimum Gasteiger partial charge on any atom is -0.484 e. The van der Waals surface area contributed by atoms with Crippen molar-refractivity contribution >= 4 is 5.91 Å². The number of carbonyl (C=O) groups is 1. The average molecular weight is 204 g/mol. The van der Waals surface area contributed by atoms with E-state index in [1.54, 1.807) is 12.1 Å². The van der Waals surface area contributed by atoms with Crippen molar-refractivity contribution in [2.24, 2.45) is 0 Å². The molecule has 1 fully saturated rings. The number of rotatable bonds is 3. The lowest BCUT2D eigenvalue weighted by molar-refractivity contribution is -0.132. The van der Waals surface area contributed by atoms with Gasteiger partial charge >= 0.3 is 0 Å². The summed E-state index contributed by atoms with van der Waals surface area (Å²) >= 11 is 0. The van der Waals surface area contributed by atoms with Crippen molar-refractivity contribution in [3.63, 3.8) is 0 Å². The van der Waals surface area contributed by atoms with Crippen LogP contribution in [0.5, 0.6) is 5.75 Å². The number of likely N-dealkylation sites (tertiary alicyclic amines) is 1. The number of carbonyl (C=O) groups excluding carboxylic acids is 1. The van der Waals surface area contributed by atoms with Crippen molar-refractivity contribution in [1.29, 1.82) is 0 Å². The van der Waals surface area contributed by atoms with Crippen LogP contribution in [0.15, 0.2) is 24.3 Å². The molecular formula is C12H14NO2. The summed E-state index contributed by atoms with van der Waals surface area (Å²) in [6.07, 6.45) is 2.23. The van der Waals surface area contributed by atoms with Gasteiger partial charge < -0.3 is 9.64 Å². The second-order valence-electron chi connectivity index (χ2n) is 3.62. The van der Waals surface area contributed by atoms with Crippen LogP contribution < -0.4 is 4.74 Å². The minimum absolute atomic E-state index is 0.0800. The zero-order chi connectivity index (χ0) is 10.5. The van der Waals surface area contributed by atoms with E-state index in [4.69, 9.17) is 4.74 Å². The number of amides is 1. The molecule has 2 rings (SSSR count). The number of benzene rings is 1. The Kier molecular flexibility index (Phi) is 3.22. The van der Waals surface area contributed by atoms with E-state index in [9.17, 15) is 4.79 Å². The fraction of sp³-hybridized carbons (Fsp3) is 0.417. The summed E-state index contributed by atoms with van der Waals surface area (Å²) in [7, 11) is 0. The third kappa shape index (κ3) is 2.72. The molecule has 1 saturated heterocycles. The highest BCUT2D eigenvalue weighted by Crippen LogP contribution is 2.10. The summed E-state index contributed by atoms with van der Waals surface area (Å²) in [4.78, 5) is 13.5. The fourth-order valence-electron chi connectivity index (χ4n) is 1.67. The summed E-state index contributed by atoms with van der Waals surface area (Å²) in [6.45, 7) is 1.89. The first kappa shape index (κ1) is 10.0. The van der Waals surface area contributed by atoms with Crippen molar-refractivity contribution in [2.75, 3.05) is 19.7 Å². The van der Waals surface area contributed by atoms with Crippen LogP contribution >= 0.6 is 0 Å². The highest BCUT2D eigenvalue weighted by Gasteiger charge is 2.17. The standard InChI is InChI=1S/C12H14NO2/c14-12(13-8-4-5-9-13)10-15-11-6-2-1-3-7-11/h1-2,6-7H,4-5,8-10H2. The van der Waals surface area contributed by atoms with E-state index in [-0.39, 0.29) is 12.5 Å². The smallest absolute Gasteiger partial charge is 0.260 e. The molecule has 79 valence electrons. The average Bonchev–Trinajstić information content (AvgIpc) is 2.81. The van der Waals surface area contributed by atoms with E-state index in [1.165, 1.54) is 0 Å². The first-order valence-corrected chi connectivity index (χ1v) is 5.23. The molecule has 1 amide bonds. The molecular weight excluding hydrogens is 190 g/mol. The van der Waals surface area contributed by atoms with Gasteiger partial charge in [0, 0.05) is 13.1 Å². The van der Waals surface area contributed by atoms with Crippen LogP contribution in [0.4, 0.5) is 0 Å². The van der Waals surface area contributed by atoms with Crippen LogP contribution in [-0.4, -0.2) is 30.5 Å². The maximum Gasteiger partial charge on any atom is 0.260 e. The zero-order valence-corrected chi connectivity index (χ0v) is 8.61. The van der Waals surface area contributed by atoms with Gasteiger partial charge in [0.05, 0.1) is 0 Å². The summed E-state index contributed by atoms with van der Waals surface area (Å²) in [5.41, 5.74) is 0. The highest BCUT2D eigenvalue weighted by atomic mass is 16.5. The van der Waals surface area contributed by atoms with Crippen molar-refractivity contribution < 1.29 is 9.53 Å². The van der Waals surface area contributed by atoms with Gasteiger partial charge in [-0.2, -0.15) is 0 Å². The quantitative estimate of drug-likeness (QED) is 0.746. The normalized spacial score (nSPS) is 15.3. The molecule has 3 nitrogen and oxygen atoms in total. The number of nitrogens with zero attached hydrogens (tertiary/aromatic N) is 1. The van der Waals surface area contributed by atoms with Crippen LogP contribution in [-0.2, 0) is 4.79 Å². The molecule has 0 aromatic heterocycles. The van der Waals surface area contributed by atoms with Gasteiger partial charge in [-0.25, -0.2) is 0 Å². The summed E-state index contributed by atoms with van der Waals surface area (Å²) in [5, 5.41) is 0. The molecule has 0 spiro atoms. The number of hydrogen-bond acceptors (Lipinski definition) is 2. The Hall–Kier alpha value is -1.51. The van der Waals surface area contributed by atoms with Gasteiger partial charge in [-0.15, -0.1) is 0 Å². The molecule has 0 bridgehead atoms. The van der Waals surface area contributed by atoms with E-state index >= 15 is 0 Å². The van der Waals surface area contributed by atoms with Gasteiger partial charge in [-0.05, 0) is 31.0 Å². The van der Waals surface area contributed by atoms with Gasteiger partial charge in [0.15, 0.2) is 6.61 Å². The number of ether oxygens (including phenoxy) is 1. The first-order valence-electron chi connectivity index (χ1n) is 5.23. The van der Waals surface area contributed by atoms with E-state index in [2.05, 4.69) is 6.07 Å². The molecule has 0 unspecified atom stereocenters. The molecule has 1 aliphatic heterocycles. The Morgan fingerprint density at radius 1 is 1.47 bits per heavy atom. The highest BCUT2D eigenvalue weighted by molar-refractivity contribution is 5.77. The maximum atomic E-state index is 11.6. The fourth-order valence-corrected chi connectivity index (χ4v) is 1.67. The second kappa shape index (κ2) is 4.82. The lowest BCUT2D eigenvalue weighted by atomic mass is 10.3. The molecule has 0 saturated carbocycles. The van der Waals surface area contributed by atoms with Gasteiger partial charge in [0.1, 0.15) is 5.75 Å². The number of hydrogen-bond donors (Lipinski definition) is 0. The van der Waals surface area contributed by atoms with E-state index in [0.29, 0.717) is 5.75 Å². The molecule has 1 heterocycles. The Balaban J connectivity index is 1.80. The van der Waals surface area contributed by atoms with Crippen LogP contribution in [0, 0.1) is 6.07 Å². The van der Waals surface area contributed by atoms with Crippen molar-refractivity contribution in [2.45, 2.75) is 12.8 Å². The maximum absolute atomic E-state index is 11.6. The summed E-state index contributed by atoms with van der Waals surface area (Å²) in [5.74, 6) is 0.779. The van der Waals surface area contributed by atoms with Crippen molar-refractivity contribution in [1.82, 2.24) is 4.90 Å². The van der Waals surface area contributed by atoms with Crippen LogP contribution in [0.3, 0.4) is 0 Å². The summed E-state index contributed by atoms with van der Waals surface area (Å²) < 4.78 is 5.36. The Morgan fingerprint density at radius 2 is 2.27 bits per heavy atom. The predicted molar refractivity (Wildman–Crippen MR) is 56.6 cm³/mol. The second-order valence-corrected chi connectivity index (χ2v) is 3.62. The largest absolute Gasteiger partial charge is 0.484 e. The SMILES string of the molecule is O=C(COc1c[c]ccc1)N1CCCC1. The van der Waals surface area contributed by atoms with Crippen molar-refractivity contribution in [3.8, 4) is 5.75 Å². The van der Waals surface area contributed by atoms with Crippen LogP contribution in [0.25, 0.3) is 0 Å². The van der Waals surface area contributed by atoms with Crippen LogP contribution in [0.1, 0.15) is 12.8 Å². The van der Waals surface area contributed by atoms with Crippen LogP contribution in [0.2, 0.25) is 0 Å². The first-order chi connectivity index (χ1) is 7.36. The van der Waals surface area contributed by atoms with E-state index in [0.717, 1.165) is 25.9 Å². The molecule has 1 aromatic carbocycles. The topological polar surface area (TPSA) is 29.5 Å². The summed E-state index contributed by atoms with van der Waals surface area (Å²) in [6, 6.07) is 10.1. The Labute approximate surface area is 89.7 Å². The zero-order valence-electron chi connectivity index (χ0n) is 8.61. The Morgan fingerprint density at radius 3 is 2.93 bits per heavy atom. The molecule has 1 aromatic rings. The lowest BCUT2D eigenvalue weighted by Crippen LogP contribution is -2.32. The Bertz CT molecular complexity index is 318. The monoisotopic (exact) mass is 204 g/mol. The molecule has 0 aliphatic carbocycles.